The van der Waals surface area contributed by atoms with E-state index in [0.717, 1.165) is 11.1 Å². The molecule has 0 spiro atoms. The van der Waals surface area contributed by atoms with Crippen LogP contribution in [0.5, 0.6) is 0 Å². The van der Waals surface area contributed by atoms with Crippen LogP contribution >= 0.6 is 0 Å². The number of hydrogen-bond donors (Lipinski definition) is 0. The van der Waals surface area contributed by atoms with Crippen LogP contribution in [0.2, 0.25) is 0 Å². The summed E-state index contributed by atoms with van der Waals surface area (Å²) in [6.07, 6.45) is 1.57. The number of aryl methyl sites for hydroxylation is 3. The molecule has 0 radical (unpaired) electrons. The first kappa shape index (κ1) is 25.7. The Hall–Kier alpha value is -2.90. The van der Waals surface area contributed by atoms with Crippen LogP contribution in [0.1, 0.15) is 41.9 Å². The number of carbonyl (C=O) groups is 1. The molecule has 0 atom stereocenters. The number of amides is 1. The summed E-state index contributed by atoms with van der Waals surface area (Å²) in [5, 5.41) is 0. The molecule has 1 amide bonds. The topological polar surface area (TPSA) is 70.8 Å². The summed E-state index contributed by atoms with van der Waals surface area (Å²) in [4.78, 5) is 15.5. The third-order valence-corrected chi connectivity index (χ3v) is 7.70. The van der Waals surface area contributed by atoms with E-state index in [-0.39, 0.29) is 36.4 Å². The molecule has 0 fully saturated rings. The SMILES string of the molecule is Cc1cc(C)c(S(=O)(=O)N(CC(=O)N(Cc2ccccc2)Cc2ccco2)CC(C)C)c(C)c1. The Balaban J connectivity index is 1.93. The Kier molecular flexibility index (Phi) is 8.33. The Morgan fingerprint density at radius 3 is 2.15 bits per heavy atom. The first-order chi connectivity index (χ1) is 16.1. The van der Waals surface area contributed by atoms with Gasteiger partial charge in [-0.3, -0.25) is 4.79 Å². The van der Waals surface area contributed by atoms with E-state index in [1.165, 1.54) is 4.31 Å². The van der Waals surface area contributed by atoms with Crippen molar-refractivity contribution in [3.05, 3.63) is 88.9 Å². The van der Waals surface area contributed by atoms with Gasteiger partial charge in [0.1, 0.15) is 5.76 Å². The Bertz CT molecular complexity index is 1180. The second-order valence-electron chi connectivity index (χ2n) is 9.23. The molecule has 34 heavy (non-hydrogen) atoms. The quantitative estimate of drug-likeness (QED) is 0.404. The van der Waals surface area contributed by atoms with Gasteiger partial charge in [-0.15, -0.1) is 0 Å². The summed E-state index contributed by atoms with van der Waals surface area (Å²) in [6.45, 7) is 10.1. The van der Waals surface area contributed by atoms with Crippen molar-refractivity contribution in [2.75, 3.05) is 13.1 Å². The highest BCUT2D eigenvalue weighted by molar-refractivity contribution is 7.89. The molecule has 3 aromatic rings. The zero-order valence-corrected chi connectivity index (χ0v) is 21.4. The second kappa shape index (κ2) is 11.0. The van der Waals surface area contributed by atoms with E-state index in [1.54, 1.807) is 31.1 Å². The van der Waals surface area contributed by atoms with Crippen LogP contribution in [0, 0.1) is 26.7 Å². The minimum atomic E-state index is -3.88. The molecular weight excluding hydrogens is 448 g/mol. The fraction of sp³-hybridized carbons (Fsp3) is 0.370. The van der Waals surface area contributed by atoms with Gasteiger partial charge in [0, 0.05) is 13.1 Å². The molecule has 0 aliphatic rings. The number of nitrogens with zero attached hydrogens (tertiary/aromatic N) is 2. The highest BCUT2D eigenvalue weighted by Crippen LogP contribution is 2.26. The van der Waals surface area contributed by atoms with Gasteiger partial charge in [0.2, 0.25) is 15.9 Å². The third-order valence-electron chi connectivity index (χ3n) is 5.58. The molecule has 0 aliphatic carbocycles. The highest BCUT2D eigenvalue weighted by Gasteiger charge is 2.31. The Morgan fingerprint density at radius 1 is 0.941 bits per heavy atom. The van der Waals surface area contributed by atoms with E-state index >= 15 is 0 Å². The zero-order valence-electron chi connectivity index (χ0n) is 20.6. The van der Waals surface area contributed by atoms with Crippen LogP contribution in [0.4, 0.5) is 0 Å². The molecule has 1 heterocycles. The van der Waals surface area contributed by atoms with Gasteiger partial charge in [-0.25, -0.2) is 8.42 Å². The minimum absolute atomic E-state index is 0.0567. The van der Waals surface area contributed by atoms with Crippen molar-refractivity contribution in [2.45, 2.75) is 52.6 Å². The molecule has 0 unspecified atom stereocenters. The fourth-order valence-electron chi connectivity index (χ4n) is 4.24. The molecule has 3 rings (SSSR count). The van der Waals surface area contributed by atoms with Crippen molar-refractivity contribution >= 4 is 15.9 Å². The van der Waals surface area contributed by atoms with Crippen molar-refractivity contribution in [3.63, 3.8) is 0 Å². The first-order valence-electron chi connectivity index (χ1n) is 11.5. The fourth-order valence-corrected chi connectivity index (χ4v) is 6.20. The molecule has 0 N–H and O–H groups in total. The summed E-state index contributed by atoms with van der Waals surface area (Å²) in [5.74, 6) is 0.431. The summed E-state index contributed by atoms with van der Waals surface area (Å²) >= 11 is 0. The van der Waals surface area contributed by atoms with Crippen LogP contribution in [0.3, 0.4) is 0 Å². The monoisotopic (exact) mass is 482 g/mol. The van der Waals surface area contributed by atoms with Gasteiger partial charge in [0.25, 0.3) is 0 Å². The Labute approximate surface area is 203 Å². The normalized spacial score (nSPS) is 11.9. The van der Waals surface area contributed by atoms with E-state index in [2.05, 4.69) is 0 Å². The van der Waals surface area contributed by atoms with Crippen LogP contribution in [0.15, 0.2) is 70.2 Å². The molecule has 2 aromatic carbocycles. The smallest absolute Gasteiger partial charge is 0.244 e. The minimum Gasteiger partial charge on any atom is -0.467 e. The average Bonchev–Trinajstić information content (AvgIpc) is 3.25. The van der Waals surface area contributed by atoms with Crippen LogP contribution in [-0.2, 0) is 27.9 Å². The molecule has 6 nitrogen and oxygen atoms in total. The van der Waals surface area contributed by atoms with Crippen molar-refractivity contribution < 1.29 is 17.6 Å². The lowest BCUT2D eigenvalue weighted by molar-refractivity contribution is -0.133. The molecule has 0 saturated heterocycles. The van der Waals surface area contributed by atoms with Gasteiger partial charge in [-0.1, -0.05) is 61.9 Å². The van der Waals surface area contributed by atoms with Crippen molar-refractivity contribution in [3.8, 4) is 0 Å². The molecule has 7 heteroatoms. The lowest BCUT2D eigenvalue weighted by Crippen LogP contribution is -2.44. The number of benzene rings is 2. The summed E-state index contributed by atoms with van der Waals surface area (Å²) in [5.41, 5.74) is 3.35. The van der Waals surface area contributed by atoms with E-state index in [0.29, 0.717) is 23.4 Å². The van der Waals surface area contributed by atoms with Crippen LogP contribution in [0.25, 0.3) is 0 Å². The second-order valence-corrected chi connectivity index (χ2v) is 11.1. The van der Waals surface area contributed by atoms with Gasteiger partial charge in [-0.2, -0.15) is 4.31 Å². The lowest BCUT2D eigenvalue weighted by atomic mass is 10.1. The number of sulfonamides is 1. The predicted octanol–water partition coefficient (Wildman–Crippen LogP) is 5.08. The average molecular weight is 483 g/mol. The number of furan rings is 1. The maximum absolute atomic E-state index is 13.8. The molecule has 1 aromatic heterocycles. The highest BCUT2D eigenvalue weighted by atomic mass is 32.2. The standard InChI is InChI=1S/C27H34N2O4S/c1-20(2)16-29(34(31,32)27-22(4)14-21(3)15-23(27)5)19-26(30)28(18-25-12-9-13-33-25)17-24-10-7-6-8-11-24/h6-15,20H,16-19H2,1-5H3. The van der Waals surface area contributed by atoms with Crippen LogP contribution < -0.4 is 0 Å². The van der Waals surface area contributed by atoms with Crippen molar-refractivity contribution in [2.24, 2.45) is 5.92 Å². The third kappa shape index (κ3) is 6.36. The maximum atomic E-state index is 13.8. The number of carbonyl (C=O) groups excluding carboxylic acids is 1. The number of rotatable bonds is 10. The van der Waals surface area contributed by atoms with E-state index in [1.807, 2.05) is 69.3 Å². The zero-order chi connectivity index (χ0) is 24.9. The van der Waals surface area contributed by atoms with E-state index in [9.17, 15) is 13.2 Å². The van der Waals surface area contributed by atoms with E-state index in [4.69, 9.17) is 4.42 Å². The summed E-state index contributed by atoms with van der Waals surface area (Å²) < 4.78 is 34.4. The maximum Gasteiger partial charge on any atom is 0.244 e. The lowest BCUT2D eigenvalue weighted by Gasteiger charge is -2.29. The van der Waals surface area contributed by atoms with Crippen molar-refractivity contribution in [1.29, 1.82) is 0 Å². The van der Waals surface area contributed by atoms with Gasteiger partial charge in [0.05, 0.1) is 24.2 Å². The molecule has 0 aliphatic heterocycles. The van der Waals surface area contributed by atoms with Crippen molar-refractivity contribution in [1.82, 2.24) is 9.21 Å². The predicted molar refractivity (Wildman–Crippen MR) is 134 cm³/mol. The largest absolute Gasteiger partial charge is 0.467 e. The van der Waals surface area contributed by atoms with E-state index < -0.39 is 10.0 Å². The van der Waals surface area contributed by atoms with Gasteiger partial charge in [0.15, 0.2) is 0 Å². The van der Waals surface area contributed by atoms with Gasteiger partial charge in [-0.05, 0) is 55.5 Å². The molecule has 0 bridgehead atoms. The molecule has 0 saturated carbocycles. The summed E-state index contributed by atoms with van der Waals surface area (Å²) in [6, 6.07) is 17.0. The molecular formula is C27H34N2O4S. The Morgan fingerprint density at radius 2 is 1.59 bits per heavy atom. The molecule has 182 valence electrons. The van der Waals surface area contributed by atoms with Crippen LogP contribution in [-0.4, -0.2) is 36.6 Å². The summed E-state index contributed by atoms with van der Waals surface area (Å²) in [7, 11) is -3.88. The number of hydrogen-bond acceptors (Lipinski definition) is 4. The van der Waals surface area contributed by atoms with Gasteiger partial charge < -0.3 is 9.32 Å². The van der Waals surface area contributed by atoms with Gasteiger partial charge >= 0.3 is 0 Å². The first-order valence-corrected chi connectivity index (χ1v) is 12.9.